The maximum absolute atomic E-state index is 14.3. The number of allylic oxidation sites excluding steroid dienone is 2. The van der Waals surface area contributed by atoms with Crippen LogP contribution in [-0.4, -0.2) is 5.78 Å². The van der Waals surface area contributed by atoms with Crippen molar-refractivity contribution in [3.8, 4) is 0 Å². The highest BCUT2D eigenvalue weighted by atomic mass is 19.3. The number of carbonyl (C=O) groups is 1. The first kappa shape index (κ1) is 26.5. The minimum absolute atomic E-state index is 0.127. The summed E-state index contributed by atoms with van der Waals surface area (Å²) in [6.07, 6.45) is 16.2. The summed E-state index contributed by atoms with van der Waals surface area (Å²) in [4.78, 5) is 12.8. The number of hydrogen-bond donors (Lipinski definition) is 0. The van der Waals surface area contributed by atoms with E-state index in [0.717, 1.165) is 48.5 Å². The van der Waals surface area contributed by atoms with Gasteiger partial charge in [0.15, 0.2) is 5.78 Å². The van der Waals surface area contributed by atoms with Crippen molar-refractivity contribution in [3.05, 3.63) is 46.3 Å². The normalized spacial score (nSPS) is 29.8. The first-order valence-electron chi connectivity index (χ1n) is 14.2. The molecule has 3 aliphatic carbocycles. The minimum atomic E-state index is -2.99. The third-order valence-electron chi connectivity index (χ3n) is 9.56. The highest BCUT2D eigenvalue weighted by molar-refractivity contribution is 5.99. The van der Waals surface area contributed by atoms with Gasteiger partial charge in [0.05, 0.1) is 5.56 Å². The Morgan fingerprint density at radius 2 is 1.51 bits per heavy atom. The fourth-order valence-corrected chi connectivity index (χ4v) is 7.40. The summed E-state index contributed by atoms with van der Waals surface area (Å²) in [5.41, 5.74) is 0.286. The van der Waals surface area contributed by atoms with Crippen LogP contribution in [0.1, 0.15) is 125 Å². The van der Waals surface area contributed by atoms with Crippen molar-refractivity contribution in [1.82, 2.24) is 0 Å². The van der Waals surface area contributed by atoms with Crippen LogP contribution in [0.25, 0.3) is 0 Å². The van der Waals surface area contributed by atoms with Gasteiger partial charge < -0.3 is 0 Å². The zero-order valence-electron chi connectivity index (χ0n) is 21.6. The molecule has 1 aromatic carbocycles. The number of halogens is 3. The summed E-state index contributed by atoms with van der Waals surface area (Å²) in [6, 6.07) is 2.79. The van der Waals surface area contributed by atoms with Crippen molar-refractivity contribution < 1.29 is 18.0 Å². The number of carbonyl (C=O) groups excluding carboxylic acids is 1. The molecular formula is C31H43F3O. The average molecular weight is 489 g/mol. The van der Waals surface area contributed by atoms with E-state index in [0.29, 0.717) is 5.92 Å². The largest absolute Gasteiger partial charge is 0.294 e. The number of alkyl halides is 2. The Hall–Kier alpha value is -1.58. The van der Waals surface area contributed by atoms with Crippen molar-refractivity contribution in [2.75, 3.05) is 0 Å². The van der Waals surface area contributed by atoms with Gasteiger partial charge in [-0.3, -0.25) is 4.79 Å². The molecular weight excluding hydrogens is 445 g/mol. The van der Waals surface area contributed by atoms with Gasteiger partial charge in [-0.2, -0.15) is 0 Å². The first-order valence-corrected chi connectivity index (χ1v) is 14.2. The van der Waals surface area contributed by atoms with Crippen LogP contribution in [0.4, 0.5) is 13.2 Å². The van der Waals surface area contributed by atoms with Gasteiger partial charge in [-0.05, 0) is 99.9 Å². The average Bonchev–Trinajstić information content (AvgIpc) is 2.86. The molecule has 0 aromatic heterocycles. The Morgan fingerprint density at radius 3 is 2.06 bits per heavy atom. The number of Topliss-reactive ketones (excluding diaryl/α,β-unsaturated/α-hetero) is 1. The molecule has 0 bridgehead atoms. The van der Waals surface area contributed by atoms with E-state index < -0.39 is 23.6 Å². The second-order valence-corrected chi connectivity index (χ2v) is 11.7. The molecule has 0 aliphatic heterocycles. The summed E-state index contributed by atoms with van der Waals surface area (Å²) < 4.78 is 41.2. The molecule has 1 aromatic rings. The van der Waals surface area contributed by atoms with E-state index in [1.165, 1.54) is 83.3 Å². The van der Waals surface area contributed by atoms with Crippen LogP contribution in [0.3, 0.4) is 0 Å². The smallest absolute Gasteiger partial charge is 0.267 e. The molecule has 1 atom stereocenters. The Balaban J connectivity index is 1.26. The molecule has 4 rings (SSSR count). The summed E-state index contributed by atoms with van der Waals surface area (Å²) in [5, 5.41) is 0. The molecule has 35 heavy (non-hydrogen) atoms. The van der Waals surface area contributed by atoms with Gasteiger partial charge in [0, 0.05) is 12.0 Å². The molecule has 0 saturated heterocycles. The zero-order valence-corrected chi connectivity index (χ0v) is 21.6. The van der Waals surface area contributed by atoms with Crippen LogP contribution in [0, 0.1) is 42.3 Å². The van der Waals surface area contributed by atoms with Crippen LogP contribution in [-0.2, 0) is 0 Å². The summed E-state index contributed by atoms with van der Waals surface area (Å²) >= 11 is 0. The van der Waals surface area contributed by atoms with Crippen molar-refractivity contribution in [1.29, 1.82) is 0 Å². The Bertz CT molecular complexity index is 889. The first-order chi connectivity index (χ1) is 16.9. The van der Waals surface area contributed by atoms with E-state index in [4.69, 9.17) is 0 Å². The lowest BCUT2D eigenvalue weighted by Gasteiger charge is -2.40. The van der Waals surface area contributed by atoms with Gasteiger partial charge in [-0.15, -0.1) is 0 Å². The van der Waals surface area contributed by atoms with Gasteiger partial charge in [-0.1, -0.05) is 56.4 Å². The van der Waals surface area contributed by atoms with E-state index in [1.807, 2.05) is 0 Å². The molecule has 1 unspecified atom stereocenters. The molecule has 2 saturated carbocycles. The van der Waals surface area contributed by atoms with E-state index in [2.05, 4.69) is 13.0 Å². The molecule has 194 valence electrons. The number of hydrogen-bond acceptors (Lipinski definition) is 1. The molecule has 0 radical (unpaired) electrons. The Morgan fingerprint density at radius 1 is 0.914 bits per heavy atom. The van der Waals surface area contributed by atoms with E-state index >= 15 is 0 Å². The minimum Gasteiger partial charge on any atom is -0.294 e. The van der Waals surface area contributed by atoms with Gasteiger partial charge >= 0.3 is 0 Å². The maximum atomic E-state index is 14.3. The van der Waals surface area contributed by atoms with E-state index in [-0.39, 0.29) is 17.5 Å². The Labute approximate surface area is 210 Å². The molecule has 4 heteroatoms. The summed E-state index contributed by atoms with van der Waals surface area (Å²) in [7, 11) is 0. The molecule has 0 amide bonds. The van der Waals surface area contributed by atoms with Crippen LogP contribution in [0.15, 0.2) is 23.8 Å². The molecule has 2 fully saturated rings. The van der Waals surface area contributed by atoms with Crippen LogP contribution in [0.5, 0.6) is 0 Å². The predicted molar refractivity (Wildman–Crippen MR) is 136 cm³/mol. The molecule has 0 heterocycles. The fraction of sp³-hybridized carbons (Fsp3) is 0.710. The SMILES string of the molecule is CCCC1CCC(C2CCC(C3CC=C(CC(=O)c4ccc(C)c(F)c4C(F)F)CC3)CC2)CC1. The molecule has 1 nitrogen and oxygen atoms in total. The van der Waals surface area contributed by atoms with E-state index in [9.17, 15) is 18.0 Å². The number of aryl methyl sites for hydroxylation is 1. The molecule has 3 aliphatic rings. The number of benzene rings is 1. The van der Waals surface area contributed by atoms with E-state index in [1.54, 1.807) is 0 Å². The molecule has 0 spiro atoms. The number of ketones is 1. The van der Waals surface area contributed by atoms with Crippen LogP contribution in [0.2, 0.25) is 0 Å². The quantitative estimate of drug-likeness (QED) is 0.263. The standard InChI is InChI=1S/C31H43F3O/c1-3-4-21-6-10-23(11-7-21)25-14-16-26(17-15-25)24-12-8-22(9-13-24)19-28(35)27-18-5-20(2)30(32)29(27)31(33)34/h5,8,18,21,23-26,31H,3-4,6-7,9-17,19H2,1-2H3. The third kappa shape index (κ3) is 6.41. The van der Waals surface area contributed by atoms with Crippen LogP contribution < -0.4 is 0 Å². The maximum Gasteiger partial charge on any atom is 0.267 e. The summed E-state index contributed by atoms with van der Waals surface area (Å²) in [6.45, 7) is 3.76. The highest BCUT2D eigenvalue weighted by Gasteiger charge is 2.34. The lowest BCUT2D eigenvalue weighted by atomic mass is 9.65. The summed E-state index contributed by atoms with van der Waals surface area (Å²) in [5.74, 6) is 3.00. The monoisotopic (exact) mass is 488 g/mol. The van der Waals surface area contributed by atoms with Crippen LogP contribution >= 0.6 is 0 Å². The van der Waals surface area contributed by atoms with Gasteiger partial charge in [0.2, 0.25) is 0 Å². The second kappa shape index (κ2) is 12.1. The fourth-order valence-electron chi connectivity index (χ4n) is 7.40. The van der Waals surface area contributed by atoms with Gasteiger partial charge in [0.25, 0.3) is 6.43 Å². The van der Waals surface area contributed by atoms with Crippen molar-refractivity contribution in [2.24, 2.45) is 29.6 Å². The van der Waals surface area contributed by atoms with Crippen molar-refractivity contribution in [3.63, 3.8) is 0 Å². The Kier molecular flexibility index (Phi) is 9.16. The topological polar surface area (TPSA) is 17.1 Å². The van der Waals surface area contributed by atoms with Gasteiger partial charge in [0.1, 0.15) is 5.82 Å². The van der Waals surface area contributed by atoms with Gasteiger partial charge in [-0.25, -0.2) is 13.2 Å². The zero-order chi connectivity index (χ0) is 24.9. The van der Waals surface area contributed by atoms with Crippen molar-refractivity contribution >= 4 is 5.78 Å². The molecule has 0 N–H and O–H groups in total. The lowest BCUT2D eigenvalue weighted by Crippen LogP contribution is -2.28. The van der Waals surface area contributed by atoms with Crippen molar-refractivity contribution in [2.45, 2.75) is 110 Å². The lowest BCUT2D eigenvalue weighted by molar-refractivity contribution is 0.0971. The highest BCUT2D eigenvalue weighted by Crippen LogP contribution is 2.45. The number of rotatable bonds is 8. The predicted octanol–water partition coefficient (Wildman–Crippen LogP) is 9.78. The third-order valence-corrected chi connectivity index (χ3v) is 9.56. The second-order valence-electron chi connectivity index (χ2n) is 11.7.